The van der Waals surface area contributed by atoms with E-state index in [2.05, 4.69) is 24.8 Å². The molecule has 0 N–H and O–H groups in total. The van der Waals surface area contributed by atoms with Gasteiger partial charge >= 0.3 is 0 Å². The Morgan fingerprint density at radius 1 is 1.57 bits per heavy atom. The van der Waals surface area contributed by atoms with Gasteiger partial charge in [-0.1, -0.05) is 19.1 Å². The van der Waals surface area contributed by atoms with E-state index in [4.69, 9.17) is 0 Å². The number of fused-ring (bicyclic) bond motifs is 1. The van der Waals surface area contributed by atoms with Crippen molar-refractivity contribution in [1.29, 1.82) is 0 Å². The number of aldehydes is 1. The van der Waals surface area contributed by atoms with Gasteiger partial charge in [0.2, 0.25) is 0 Å². The molecule has 1 unspecified atom stereocenters. The summed E-state index contributed by atoms with van der Waals surface area (Å²) >= 11 is 0. The smallest absolute Gasteiger partial charge is 0.150 e. The first-order chi connectivity index (χ1) is 6.76. The van der Waals surface area contributed by atoms with Crippen LogP contribution in [0.1, 0.15) is 35.7 Å². The summed E-state index contributed by atoms with van der Waals surface area (Å²) in [6.07, 6.45) is 0.914. The molecule has 1 heterocycles. The van der Waals surface area contributed by atoms with Gasteiger partial charge in [-0.3, -0.25) is 4.79 Å². The number of carbonyl (C=O) groups excluding carboxylic acids is 1. The number of carbonyl (C=O) groups is 1. The summed E-state index contributed by atoms with van der Waals surface area (Å²) in [5.74, 6) is 0.589. The third kappa shape index (κ3) is 1.31. The predicted octanol–water partition coefficient (Wildman–Crippen LogP) is 2.44. The average molecular weight is 189 g/mol. The van der Waals surface area contributed by atoms with Gasteiger partial charge in [0.15, 0.2) is 0 Å². The first kappa shape index (κ1) is 9.25. The minimum atomic E-state index is 0.589. The van der Waals surface area contributed by atoms with Crippen LogP contribution >= 0.6 is 0 Å². The van der Waals surface area contributed by atoms with Crippen molar-refractivity contribution in [3.63, 3.8) is 0 Å². The molecule has 0 spiro atoms. The monoisotopic (exact) mass is 189 g/mol. The molecule has 0 saturated carbocycles. The van der Waals surface area contributed by atoms with Crippen molar-refractivity contribution in [2.45, 2.75) is 19.8 Å². The molecule has 0 saturated heterocycles. The van der Waals surface area contributed by atoms with Crippen LogP contribution in [0.3, 0.4) is 0 Å². The van der Waals surface area contributed by atoms with Crippen molar-refractivity contribution in [1.82, 2.24) is 0 Å². The normalized spacial score (nSPS) is 19.6. The summed E-state index contributed by atoms with van der Waals surface area (Å²) in [5.41, 5.74) is 3.39. The Morgan fingerprint density at radius 3 is 3.00 bits per heavy atom. The number of rotatable bonds is 2. The Balaban J connectivity index is 2.47. The lowest BCUT2D eigenvalue weighted by molar-refractivity contribution is 0.112. The maximum Gasteiger partial charge on any atom is 0.150 e. The summed E-state index contributed by atoms with van der Waals surface area (Å²) < 4.78 is 0. The molecule has 1 aliphatic heterocycles. The lowest BCUT2D eigenvalue weighted by atomic mass is 10.0. The van der Waals surface area contributed by atoms with E-state index in [-0.39, 0.29) is 0 Å². The number of nitrogens with zero attached hydrogens (tertiary/aromatic N) is 1. The SMILES string of the molecule is CCN1CC(C)c2ccc(C=O)cc21. The maximum atomic E-state index is 10.7. The van der Waals surface area contributed by atoms with E-state index in [1.165, 1.54) is 11.3 Å². The lowest BCUT2D eigenvalue weighted by Gasteiger charge is -2.16. The maximum absolute atomic E-state index is 10.7. The van der Waals surface area contributed by atoms with Gasteiger partial charge < -0.3 is 4.90 Å². The number of hydrogen-bond acceptors (Lipinski definition) is 2. The zero-order valence-electron chi connectivity index (χ0n) is 8.66. The van der Waals surface area contributed by atoms with Gasteiger partial charge in [0.1, 0.15) is 6.29 Å². The highest BCUT2D eigenvalue weighted by molar-refractivity contribution is 5.79. The van der Waals surface area contributed by atoms with Crippen molar-refractivity contribution in [2.24, 2.45) is 0 Å². The topological polar surface area (TPSA) is 20.3 Å². The number of hydrogen-bond donors (Lipinski definition) is 0. The first-order valence-electron chi connectivity index (χ1n) is 5.10. The van der Waals surface area contributed by atoms with Crippen LogP contribution in [0.4, 0.5) is 5.69 Å². The standard InChI is InChI=1S/C12H15NO/c1-3-13-7-9(2)11-5-4-10(8-14)6-12(11)13/h4-6,8-9H,3,7H2,1-2H3. The molecule has 0 aliphatic carbocycles. The van der Waals surface area contributed by atoms with Gasteiger partial charge in [0.25, 0.3) is 0 Å². The van der Waals surface area contributed by atoms with Crippen LogP contribution < -0.4 is 4.90 Å². The largest absolute Gasteiger partial charge is 0.371 e. The molecule has 0 bridgehead atoms. The Hall–Kier alpha value is -1.31. The van der Waals surface area contributed by atoms with Gasteiger partial charge in [-0.25, -0.2) is 0 Å². The van der Waals surface area contributed by atoms with E-state index in [1.807, 2.05) is 12.1 Å². The van der Waals surface area contributed by atoms with E-state index < -0.39 is 0 Å². The zero-order chi connectivity index (χ0) is 10.1. The van der Waals surface area contributed by atoms with Gasteiger partial charge in [-0.15, -0.1) is 0 Å². The Kier molecular flexibility index (Phi) is 2.28. The summed E-state index contributed by atoms with van der Waals surface area (Å²) in [6, 6.07) is 5.98. The van der Waals surface area contributed by atoms with Crippen molar-refractivity contribution < 1.29 is 4.79 Å². The molecule has 0 radical (unpaired) electrons. The zero-order valence-corrected chi connectivity index (χ0v) is 8.66. The van der Waals surface area contributed by atoms with Crippen LogP contribution in [-0.4, -0.2) is 19.4 Å². The van der Waals surface area contributed by atoms with Gasteiger partial charge in [0, 0.05) is 30.3 Å². The fourth-order valence-electron chi connectivity index (χ4n) is 2.15. The Morgan fingerprint density at radius 2 is 2.36 bits per heavy atom. The van der Waals surface area contributed by atoms with E-state index in [0.717, 1.165) is 24.9 Å². The summed E-state index contributed by atoms with van der Waals surface area (Å²) in [6.45, 7) is 6.47. The van der Waals surface area contributed by atoms with Crippen molar-refractivity contribution in [3.8, 4) is 0 Å². The molecule has 14 heavy (non-hydrogen) atoms. The van der Waals surface area contributed by atoms with Crippen LogP contribution in [0.15, 0.2) is 18.2 Å². The minimum Gasteiger partial charge on any atom is -0.371 e. The molecule has 2 heteroatoms. The lowest BCUT2D eigenvalue weighted by Crippen LogP contribution is -2.20. The minimum absolute atomic E-state index is 0.589. The molecule has 1 atom stereocenters. The molecule has 0 aromatic heterocycles. The Labute approximate surface area is 84.5 Å². The fourth-order valence-corrected chi connectivity index (χ4v) is 2.15. The van der Waals surface area contributed by atoms with Crippen molar-refractivity contribution in [3.05, 3.63) is 29.3 Å². The summed E-state index contributed by atoms with van der Waals surface area (Å²) in [7, 11) is 0. The molecule has 2 rings (SSSR count). The Bertz CT molecular complexity index is 359. The van der Waals surface area contributed by atoms with E-state index in [9.17, 15) is 4.79 Å². The van der Waals surface area contributed by atoms with E-state index in [1.54, 1.807) is 0 Å². The predicted molar refractivity (Wildman–Crippen MR) is 58.1 cm³/mol. The van der Waals surface area contributed by atoms with Crippen LogP contribution in [0.25, 0.3) is 0 Å². The van der Waals surface area contributed by atoms with Gasteiger partial charge in [-0.05, 0) is 18.6 Å². The highest BCUT2D eigenvalue weighted by atomic mass is 16.1. The molecular weight excluding hydrogens is 174 g/mol. The van der Waals surface area contributed by atoms with Gasteiger partial charge in [0.05, 0.1) is 0 Å². The molecule has 74 valence electrons. The van der Waals surface area contributed by atoms with Crippen molar-refractivity contribution >= 4 is 12.0 Å². The molecule has 0 fully saturated rings. The molecule has 1 aromatic rings. The second-order valence-electron chi connectivity index (χ2n) is 3.88. The van der Waals surface area contributed by atoms with Gasteiger partial charge in [-0.2, -0.15) is 0 Å². The highest BCUT2D eigenvalue weighted by Crippen LogP contribution is 2.35. The van der Waals surface area contributed by atoms with Crippen molar-refractivity contribution in [2.75, 3.05) is 18.0 Å². The molecule has 1 aliphatic rings. The van der Waals surface area contributed by atoms with E-state index in [0.29, 0.717) is 5.92 Å². The third-order valence-corrected chi connectivity index (χ3v) is 2.94. The molecule has 0 amide bonds. The third-order valence-electron chi connectivity index (χ3n) is 2.94. The second kappa shape index (κ2) is 3.45. The summed E-state index contributed by atoms with van der Waals surface area (Å²) in [4.78, 5) is 13.0. The van der Waals surface area contributed by atoms with Crippen LogP contribution in [-0.2, 0) is 0 Å². The van der Waals surface area contributed by atoms with Crippen LogP contribution in [0.5, 0.6) is 0 Å². The average Bonchev–Trinajstić information content (AvgIpc) is 2.55. The number of anilines is 1. The van der Waals surface area contributed by atoms with E-state index >= 15 is 0 Å². The second-order valence-corrected chi connectivity index (χ2v) is 3.88. The quantitative estimate of drug-likeness (QED) is 0.666. The number of benzene rings is 1. The molecule has 2 nitrogen and oxygen atoms in total. The molecule has 1 aromatic carbocycles. The molecular formula is C12H15NO. The first-order valence-corrected chi connectivity index (χ1v) is 5.10. The van der Waals surface area contributed by atoms with Crippen LogP contribution in [0.2, 0.25) is 0 Å². The summed E-state index contributed by atoms with van der Waals surface area (Å²) in [5, 5.41) is 0. The number of likely N-dealkylation sites (N-methyl/N-ethyl adjacent to an activating group) is 1. The highest BCUT2D eigenvalue weighted by Gasteiger charge is 2.24. The van der Waals surface area contributed by atoms with Crippen LogP contribution in [0, 0.1) is 0 Å². The fraction of sp³-hybridized carbons (Fsp3) is 0.417.